The summed E-state index contributed by atoms with van der Waals surface area (Å²) in [5, 5.41) is 3.31. The van der Waals surface area contributed by atoms with Crippen molar-refractivity contribution in [2.45, 2.75) is 13.0 Å². The average molecular weight is 258 g/mol. The van der Waals surface area contributed by atoms with Crippen molar-refractivity contribution in [3.63, 3.8) is 0 Å². The van der Waals surface area contributed by atoms with Crippen LogP contribution in [0.2, 0.25) is 0 Å². The van der Waals surface area contributed by atoms with Crippen LogP contribution in [0.15, 0.2) is 48.5 Å². The van der Waals surface area contributed by atoms with Crippen molar-refractivity contribution in [2.24, 2.45) is 0 Å². The van der Waals surface area contributed by atoms with E-state index in [1.165, 1.54) is 6.07 Å². The smallest absolute Gasteiger partial charge is 0.128 e. The van der Waals surface area contributed by atoms with Gasteiger partial charge in [-0.05, 0) is 37.3 Å². The highest BCUT2D eigenvalue weighted by Crippen LogP contribution is 2.23. The Morgan fingerprint density at radius 2 is 1.63 bits per heavy atom. The zero-order valence-corrected chi connectivity index (χ0v) is 11.5. The van der Waals surface area contributed by atoms with Gasteiger partial charge in [0.25, 0.3) is 0 Å². The first-order chi connectivity index (χ1) is 9.08. The molecule has 2 nitrogen and oxygen atoms in total. The van der Waals surface area contributed by atoms with E-state index < -0.39 is 0 Å². The van der Waals surface area contributed by atoms with E-state index in [1.54, 1.807) is 12.1 Å². The summed E-state index contributed by atoms with van der Waals surface area (Å²) < 4.78 is 13.7. The summed E-state index contributed by atoms with van der Waals surface area (Å²) in [6.45, 7) is 1.96. The molecule has 2 aromatic carbocycles. The molecule has 0 saturated carbocycles. The maximum atomic E-state index is 13.7. The Kier molecular flexibility index (Phi) is 4.05. The molecule has 0 fully saturated rings. The summed E-state index contributed by atoms with van der Waals surface area (Å²) in [4.78, 5) is 2.05. The lowest BCUT2D eigenvalue weighted by molar-refractivity contribution is 0.600. The molecule has 0 radical (unpaired) electrons. The highest BCUT2D eigenvalue weighted by atomic mass is 19.1. The zero-order valence-electron chi connectivity index (χ0n) is 11.5. The molecule has 2 aromatic rings. The summed E-state index contributed by atoms with van der Waals surface area (Å²) in [6.07, 6.45) is 0. The summed E-state index contributed by atoms with van der Waals surface area (Å²) in [5.74, 6) is -0.174. The van der Waals surface area contributed by atoms with Crippen molar-refractivity contribution in [1.82, 2.24) is 0 Å². The second-order valence-electron chi connectivity index (χ2n) is 4.83. The Morgan fingerprint density at radius 1 is 1.00 bits per heavy atom. The maximum absolute atomic E-state index is 13.7. The molecule has 0 heterocycles. The molecule has 19 heavy (non-hydrogen) atoms. The van der Waals surface area contributed by atoms with Gasteiger partial charge in [0.1, 0.15) is 5.82 Å². The molecule has 1 atom stereocenters. The van der Waals surface area contributed by atoms with Crippen LogP contribution in [0.4, 0.5) is 15.8 Å². The number of halogens is 1. The maximum Gasteiger partial charge on any atom is 0.128 e. The molecular formula is C16H19FN2. The van der Waals surface area contributed by atoms with Gasteiger partial charge < -0.3 is 10.2 Å². The van der Waals surface area contributed by atoms with E-state index in [1.807, 2.05) is 56.3 Å². The molecule has 0 amide bonds. The molecule has 100 valence electrons. The number of nitrogens with zero attached hydrogens (tertiary/aromatic N) is 1. The third kappa shape index (κ3) is 3.25. The number of benzene rings is 2. The van der Waals surface area contributed by atoms with Crippen LogP contribution in [-0.2, 0) is 0 Å². The Labute approximate surface area is 113 Å². The van der Waals surface area contributed by atoms with Crippen molar-refractivity contribution in [3.05, 3.63) is 59.9 Å². The van der Waals surface area contributed by atoms with Gasteiger partial charge in [0.2, 0.25) is 0 Å². The number of nitrogens with one attached hydrogen (secondary N) is 1. The van der Waals surface area contributed by atoms with Crippen molar-refractivity contribution in [2.75, 3.05) is 24.3 Å². The SMILES string of the molecule is CC(Nc1ccc(N(C)C)cc1)c1ccccc1F. The average Bonchev–Trinajstić information content (AvgIpc) is 2.39. The normalized spacial score (nSPS) is 12.0. The predicted molar refractivity (Wildman–Crippen MR) is 79.2 cm³/mol. The van der Waals surface area contributed by atoms with Crippen LogP contribution in [0.3, 0.4) is 0 Å². The molecular weight excluding hydrogens is 239 g/mol. The van der Waals surface area contributed by atoms with Gasteiger partial charge in [-0.3, -0.25) is 0 Å². The molecule has 1 unspecified atom stereocenters. The first-order valence-corrected chi connectivity index (χ1v) is 6.36. The molecule has 3 heteroatoms. The molecule has 0 bridgehead atoms. The summed E-state index contributed by atoms with van der Waals surface area (Å²) in [5.41, 5.74) is 2.81. The fraction of sp³-hybridized carbons (Fsp3) is 0.250. The van der Waals surface area contributed by atoms with Crippen LogP contribution in [0.5, 0.6) is 0 Å². The quantitative estimate of drug-likeness (QED) is 0.889. The minimum atomic E-state index is -0.174. The molecule has 0 spiro atoms. The third-order valence-corrected chi connectivity index (χ3v) is 3.14. The second kappa shape index (κ2) is 5.74. The van der Waals surface area contributed by atoms with Gasteiger partial charge in [-0.25, -0.2) is 4.39 Å². The van der Waals surface area contributed by atoms with E-state index >= 15 is 0 Å². The lowest BCUT2D eigenvalue weighted by atomic mass is 10.1. The first kappa shape index (κ1) is 13.4. The number of hydrogen-bond acceptors (Lipinski definition) is 2. The van der Waals surface area contributed by atoms with E-state index in [-0.39, 0.29) is 11.9 Å². The standard InChI is InChI=1S/C16H19FN2/c1-12(15-6-4-5-7-16(15)17)18-13-8-10-14(11-9-13)19(2)3/h4-12,18H,1-3H3. The molecule has 0 aliphatic heterocycles. The highest BCUT2D eigenvalue weighted by molar-refractivity contribution is 5.55. The second-order valence-corrected chi connectivity index (χ2v) is 4.83. The van der Waals surface area contributed by atoms with Gasteiger partial charge in [0.05, 0.1) is 6.04 Å². The zero-order chi connectivity index (χ0) is 13.8. The van der Waals surface area contributed by atoms with Gasteiger partial charge in [-0.2, -0.15) is 0 Å². The Balaban J connectivity index is 2.11. The number of anilines is 2. The summed E-state index contributed by atoms with van der Waals surface area (Å²) in [6, 6.07) is 14.9. The lowest BCUT2D eigenvalue weighted by Crippen LogP contribution is -2.10. The highest BCUT2D eigenvalue weighted by Gasteiger charge is 2.09. The van der Waals surface area contributed by atoms with Crippen LogP contribution in [0.1, 0.15) is 18.5 Å². The number of hydrogen-bond donors (Lipinski definition) is 1. The van der Waals surface area contributed by atoms with Crippen LogP contribution in [0.25, 0.3) is 0 Å². The number of rotatable bonds is 4. The molecule has 1 N–H and O–H groups in total. The van der Waals surface area contributed by atoms with Crippen LogP contribution < -0.4 is 10.2 Å². The molecule has 0 aliphatic carbocycles. The van der Waals surface area contributed by atoms with E-state index in [2.05, 4.69) is 5.32 Å². The van der Waals surface area contributed by atoms with Crippen LogP contribution >= 0.6 is 0 Å². The fourth-order valence-electron chi connectivity index (χ4n) is 2.01. The Bertz CT molecular complexity index is 535. The monoisotopic (exact) mass is 258 g/mol. The van der Waals surface area contributed by atoms with Gasteiger partial charge in [-0.1, -0.05) is 18.2 Å². The van der Waals surface area contributed by atoms with E-state index in [4.69, 9.17) is 0 Å². The fourth-order valence-corrected chi connectivity index (χ4v) is 2.01. The summed E-state index contributed by atoms with van der Waals surface area (Å²) >= 11 is 0. The van der Waals surface area contributed by atoms with Gasteiger partial charge in [0.15, 0.2) is 0 Å². The third-order valence-electron chi connectivity index (χ3n) is 3.14. The lowest BCUT2D eigenvalue weighted by Gasteiger charge is -2.18. The van der Waals surface area contributed by atoms with Crippen LogP contribution in [-0.4, -0.2) is 14.1 Å². The van der Waals surface area contributed by atoms with Crippen molar-refractivity contribution in [3.8, 4) is 0 Å². The molecule has 0 aliphatic rings. The minimum absolute atomic E-state index is 0.0635. The van der Waals surface area contributed by atoms with Gasteiger partial charge >= 0.3 is 0 Å². The van der Waals surface area contributed by atoms with Crippen molar-refractivity contribution >= 4 is 11.4 Å². The molecule has 2 rings (SSSR count). The largest absolute Gasteiger partial charge is 0.378 e. The van der Waals surface area contributed by atoms with Crippen molar-refractivity contribution in [1.29, 1.82) is 0 Å². The summed E-state index contributed by atoms with van der Waals surface area (Å²) in [7, 11) is 4.01. The molecule has 0 aromatic heterocycles. The van der Waals surface area contributed by atoms with E-state index in [0.717, 1.165) is 11.4 Å². The predicted octanol–water partition coefficient (Wildman–Crippen LogP) is 4.06. The first-order valence-electron chi connectivity index (χ1n) is 6.36. The molecule has 0 saturated heterocycles. The van der Waals surface area contributed by atoms with E-state index in [9.17, 15) is 4.39 Å². The Hall–Kier alpha value is -2.03. The minimum Gasteiger partial charge on any atom is -0.378 e. The van der Waals surface area contributed by atoms with Gasteiger partial charge in [-0.15, -0.1) is 0 Å². The topological polar surface area (TPSA) is 15.3 Å². The van der Waals surface area contributed by atoms with Crippen LogP contribution in [0, 0.1) is 5.82 Å². The van der Waals surface area contributed by atoms with Crippen molar-refractivity contribution < 1.29 is 4.39 Å². The Morgan fingerprint density at radius 3 is 2.21 bits per heavy atom. The van der Waals surface area contributed by atoms with E-state index in [0.29, 0.717) is 5.56 Å². The van der Waals surface area contributed by atoms with Gasteiger partial charge in [0, 0.05) is 31.0 Å².